The zero-order valence-electron chi connectivity index (χ0n) is 7.33. The van der Waals surface area contributed by atoms with Gasteiger partial charge >= 0.3 is 0 Å². The molecule has 0 spiro atoms. The van der Waals surface area contributed by atoms with E-state index in [2.05, 4.69) is 6.07 Å². The Morgan fingerprint density at radius 2 is 2.38 bits per heavy atom. The lowest BCUT2D eigenvalue weighted by atomic mass is 10.0. The molecule has 1 aliphatic rings. The van der Waals surface area contributed by atoms with Crippen LogP contribution in [0.5, 0.6) is 5.75 Å². The van der Waals surface area contributed by atoms with Gasteiger partial charge in [0, 0.05) is 5.56 Å². The van der Waals surface area contributed by atoms with Crippen molar-refractivity contribution in [3.05, 3.63) is 28.8 Å². The number of benzene rings is 1. The van der Waals surface area contributed by atoms with Gasteiger partial charge in [-0.15, -0.1) is 0 Å². The van der Waals surface area contributed by atoms with E-state index in [-0.39, 0.29) is 0 Å². The minimum atomic E-state index is 0.444. The molecule has 0 unspecified atom stereocenters. The molecule has 0 saturated heterocycles. The molecule has 3 nitrogen and oxygen atoms in total. The molecule has 0 saturated carbocycles. The number of nitriles is 1. The number of aryl methyl sites for hydroxylation is 1. The zero-order valence-corrected chi connectivity index (χ0v) is 7.33. The summed E-state index contributed by atoms with van der Waals surface area (Å²) in [5.41, 5.74) is 3.15. The average molecular weight is 175 g/mol. The Hall–Kier alpha value is -1.53. The molecule has 13 heavy (non-hydrogen) atoms. The Labute approximate surface area is 76.4 Å². The summed E-state index contributed by atoms with van der Waals surface area (Å²) in [7, 11) is 0. The van der Waals surface area contributed by atoms with Crippen molar-refractivity contribution in [2.45, 2.75) is 20.0 Å². The standard InChI is InChI=1S/C10H9NO2/c1-7-4-10-9(6-12-13-10)5-8(7)2-3-11/h4-5H,2,6H2,1H3. The Morgan fingerprint density at radius 3 is 3.15 bits per heavy atom. The molecule has 1 heterocycles. The summed E-state index contributed by atoms with van der Waals surface area (Å²) in [4.78, 5) is 9.75. The molecule has 0 fully saturated rings. The first kappa shape index (κ1) is 8.09. The van der Waals surface area contributed by atoms with Gasteiger partial charge in [0.15, 0.2) is 5.75 Å². The normalized spacial score (nSPS) is 13.2. The van der Waals surface area contributed by atoms with Crippen LogP contribution in [0.15, 0.2) is 12.1 Å². The van der Waals surface area contributed by atoms with E-state index in [1.165, 1.54) is 0 Å². The van der Waals surface area contributed by atoms with E-state index in [4.69, 9.17) is 15.0 Å². The fraction of sp³-hybridized carbons (Fsp3) is 0.300. The highest BCUT2D eigenvalue weighted by Crippen LogP contribution is 2.29. The van der Waals surface area contributed by atoms with Crippen LogP contribution in [0, 0.1) is 18.3 Å². The van der Waals surface area contributed by atoms with E-state index in [0.717, 1.165) is 22.4 Å². The molecule has 0 N–H and O–H groups in total. The van der Waals surface area contributed by atoms with Crippen molar-refractivity contribution in [1.29, 1.82) is 5.26 Å². The fourth-order valence-electron chi connectivity index (χ4n) is 1.40. The van der Waals surface area contributed by atoms with Crippen molar-refractivity contribution in [2.75, 3.05) is 0 Å². The van der Waals surface area contributed by atoms with Crippen molar-refractivity contribution in [1.82, 2.24) is 0 Å². The Kier molecular flexibility index (Phi) is 1.91. The highest BCUT2D eigenvalue weighted by Gasteiger charge is 2.15. The largest absolute Gasteiger partial charge is 0.337 e. The Morgan fingerprint density at radius 1 is 1.54 bits per heavy atom. The third-order valence-corrected chi connectivity index (χ3v) is 2.15. The van der Waals surface area contributed by atoms with Crippen LogP contribution in [0.25, 0.3) is 0 Å². The highest BCUT2D eigenvalue weighted by molar-refractivity contribution is 5.43. The number of rotatable bonds is 1. The molecule has 66 valence electrons. The summed E-state index contributed by atoms with van der Waals surface area (Å²) in [6.45, 7) is 2.45. The van der Waals surface area contributed by atoms with E-state index >= 15 is 0 Å². The summed E-state index contributed by atoms with van der Waals surface area (Å²) in [5.74, 6) is 0.777. The van der Waals surface area contributed by atoms with E-state index in [9.17, 15) is 0 Å². The minimum Gasteiger partial charge on any atom is -0.337 e. The van der Waals surface area contributed by atoms with Gasteiger partial charge in [-0.2, -0.15) is 10.1 Å². The lowest BCUT2D eigenvalue weighted by Crippen LogP contribution is -1.89. The first-order chi connectivity index (χ1) is 6.31. The van der Waals surface area contributed by atoms with Crippen LogP contribution >= 0.6 is 0 Å². The molecular formula is C10H9NO2. The molecule has 1 aromatic rings. The SMILES string of the molecule is Cc1cc2c(cc1CC#N)COO2. The molecular weight excluding hydrogens is 166 g/mol. The molecule has 0 atom stereocenters. The summed E-state index contributed by atoms with van der Waals surface area (Å²) < 4.78 is 0. The van der Waals surface area contributed by atoms with Crippen LogP contribution < -0.4 is 4.89 Å². The van der Waals surface area contributed by atoms with Gasteiger partial charge in [0.1, 0.15) is 6.61 Å². The molecule has 0 amide bonds. The highest BCUT2D eigenvalue weighted by atomic mass is 17.2. The molecule has 1 aliphatic heterocycles. The van der Waals surface area contributed by atoms with Crippen molar-refractivity contribution in [3.8, 4) is 11.8 Å². The molecule has 2 rings (SSSR count). The summed E-state index contributed by atoms with van der Waals surface area (Å²) in [6, 6.07) is 6.02. The molecule has 0 radical (unpaired) electrons. The van der Waals surface area contributed by atoms with Gasteiger partial charge in [0.25, 0.3) is 0 Å². The van der Waals surface area contributed by atoms with Crippen LogP contribution in [0.1, 0.15) is 16.7 Å². The van der Waals surface area contributed by atoms with Gasteiger partial charge in [0.05, 0.1) is 12.5 Å². The first-order valence-electron chi connectivity index (χ1n) is 4.10. The van der Waals surface area contributed by atoms with Crippen molar-refractivity contribution < 1.29 is 9.78 Å². The van der Waals surface area contributed by atoms with Crippen LogP contribution in [-0.4, -0.2) is 0 Å². The molecule has 0 aliphatic carbocycles. The third kappa shape index (κ3) is 1.36. The fourth-order valence-corrected chi connectivity index (χ4v) is 1.40. The maximum atomic E-state index is 8.58. The van der Waals surface area contributed by atoms with Gasteiger partial charge in [-0.3, -0.25) is 0 Å². The number of hydrogen-bond acceptors (Lipinski definition) is 3. The van der Waals surface area contributed by atoms with Crippen molar-refractivity contribution in [2.24, 2.45) is 0 Å². The van der Waals surface area contributed by atoms with Gasteiger partial charge in [-0.1, -0.05) is 0 Å². The number of fused-ring (bicyclic) bond motifs is 1. The van der Waals surface area contributed by atoms with E-state index < -0.39 is 0 Å². The topological polar surface area (TPSA) is 42.2 Å². The van der Waals surface area contributed by atoms with E-state index in [1.807, 2.05) is 19.1 Å². The molecule has 1 aromatic carbocycles. The minimum absolute atomic E-state index is 0.444. The molecule has 0 bridgehead atoms. The average Bonchev–Trinajstić information content (AvgIpc) is 2.52. The van der Waals surface area contributed by atoms with Crippen LogP contribution in [0.2, 0.25) is 0 Å². The van der Waals surface area contributed by atoms with Crippen LogP contribution in [0.3, 0.4) is 0 Å². The predicted molar refractivity (Wildman–Crippen MR) is 45.9 cm³/mol. The second kappa shape index (κ2) is 3.08. The summed E-state index contributed by atoms with van der Waals surface area (Å²) in [6.07, 6.45) is 0.444. The predicted octanol–water partition coefficient (Wildman–Crippen LogP) is 1.89. The third-order valence-electron chi connectivity index (χ3n) is 2.15. The second-order valence-corrected chi connectivity index (χ2v) is 3.07. The second-order valence-electron chi connectivity index (χ2n) is 3.07. The summed E-state index contributed by atoms with van der Waals surface area (Å²) >= 11 is 0. The maximum Gasteiger partial charge on any atom is 0.171 e. The summed E-state index contributed by atoms with van der Waals surface area (Å²) in [5, 5.41) is 8.58. The lowest BCUT2D eigenvalue weighted by Gasteiger charge is -2.02. The van der Waals surface area contributed by atoms with Crippen molar-refractivity contribution >= 4 is 0 Å². The van der Waals surface area contributed by atoms with Crippen molar-refractivity contribution in [3.63, 3.8) is 0 Å². The quantitative estimate of drug-likeness (QED) is 0.612. The van der Waals surface area contributed by atoms with Gasteiger partial charge in [-0.25, -0.2) is 0 Å². The molecule has 0 aromatic heterocycles. The lowest BCUT2D eigenvalue weighted by molar-refractivity contribution is -0.194. The smallest absolute Gasteiger partial charge is 0.171 e. The molecule has 3 heteroatoms. The number of nitrogens with zero attached hydrogens (tertiary/aromatic N) is 1. The van der Waals surface area contributed by atoms with E-state index in [1.54, 1.807) is 0 Å². The monoisotopic (exact) mass is 175 g/mol. The Balaban J connectivity index is 2.44. The first-order valence-corrected chi connectivity index (χ1v) is 4.10. The number of hydrogen-bond donors (Lipinski definition) is 0. The van der Waals surface area contributed by atoms with Gasteiger partial charge in [-0.05, 0) is 30.2 Å². The van der Waals surface area contributed by atoms with Gasteiger partial charge in [0.2, 0.25) is 0 Å². The zero-order chi connectivity index (χ0) is 9.26. The van der Waals surface area contributed by atoms with Crippen LogP contribution in [0.4, 0.5) is 0 Å². The van der Waals surface area contributed by atoms with E-state index in [0.29, 0.717) is 13.0 Å². The maximum absolute atomic E-state index is 8.58. The van der Waals surface area contributed by atoms with Crippen LogP contribution in [-0.2, 0) is 17.9 Å². The van der Waals surface area contributed by atoms with Gasteiger partial charge < -0.3 is 4.89 Å². The Bertz CT molecular complexity index is 379.